The lowest BCUT2D eigenvalue weighted by atomic mass is 10.2. The quantitative estimate of drug-likeness (QED) is 0.639. The van der Waals surface area contributed by atoms with E-state index in [0.717, 1.165) is 5.22 Å². The molecule has 0 fully saturated rings. The van der Waals surface area contributed by atoms with Crippen LogP contribution in [0.5, 0.6) is 0 Å². The molecule has 1 aliphatic heterocycles. The second kappa shape index (κ2) is 3.38. The summed E-state index contributed by atoms with van der Waals surface area (Å²) in [4.78, 5) is 10.9. The number of fused-ring (bicyclic) bond motifs is 1. The maximum absolute atomic E-state index is 10.9. The predicted molar refractivity (Wildman–Crippen MR) is 53.5 cm³/mol. The van der Waals surface area contributed by atoms with Crippen molar-refractivity contribution in [2.75, 3.05) is 0 Å². The summed E-state index contributed by atoms with van der Waals surface area (Å²) in [5.74, 6) is -0.947. The maximum Gasteiger partial charge on any atom is 0.352 e. The number of aliphatic carboxylic acids is 1. The summed E-state index contributed by atoms with van der Waals surface area (Å²) in [5.41, 5.74) is 0.214. The van der Waals surface area contributed by atoms with Crippen LogP contribution in [0, 0.1) is 0 Å². The van der Waals surface area contributed by atoms with E-state index >= 15 is 0 Å². The second-order valence-corrected chi connectivity index (χ2v) is 2.94. The van der Waals surface area contributed by atoms with E-state index < -0.39 is 5.97 Å². The Bertz CT molecular complexity index is 514. The fourth-order valence-corrected chi connectivity index (χ4v) is 1.41. The number of rotatable bonds is 1. The first-order valence-electron chi connectivity index (χ1n) is 4.25. The minimum absolute atomic E-state index is 0.214. The molecule has 1 aromatic rings. The molecule has 1 aliphatic rings. The van der Waals surface area contributed by atoms with Crippen molar-refractivity contribution < 1.29 is 9.90 Å². The number of carboxylic acids is 1. The molecular weight excluding hydrogens is 178 g/mol. The summed E-state index contributed by atoms with van der Waals surface area (Å²) in [6.07, 6.45) is 5.27. The summed E-state index contributed by atoms with van der Waals surface area (Å²) in [6, 6.07) is 7.38. The van der Waals surface area contributed by atoms with Gasteiger partial charge in [-0.1, -0.05) is 30.3 Å². The largest absolute Gasteiger partial charge is 0.477 e. The van der Waals surface area contributed by atoms with Crippen molar-refractivity contribution in [3.63, 3.8) is 0 Å². The van der Waals surface area contributed by atoms with Crippen molar-refractivity contribution in [2.24, 2.45) is 0 Å². The monoisotopic (exact) mass is 187 g/mol. The highest BCUT2D eigenvalue weighted by atomic mass is 16.4. The van der Waals surface area contributed by atoms with Gasteiger partial charge in [0.1, 0.15) is 5.70 Å². The van der Waals surface area contributed by atoms with Crippen LogP contribution in [0.15, 0.2) is 36.5 Å². The molecule has 0 radical (unpaired) electrons. The van der Waals surface area contributed by atoms with Gasteiger partial charge in [-0.2, -0.15) is 0 Å². The van der Waals surface area contributed by atoms with E-state index in [1.807, 2.05) is 24.3 Å². The lowest BCUT2D eigenvalue weighted by molar-refractivity contribution is -0.130. The van der Waals surface area contributed by atoms with Crippen molar-refractivity contribution >= 4 is 17.7 Å². The average Bonchev–Trinajstić information content (AvgIpc) is 2.39. The van der Waals surface area contributed by atoms with Crippen LogP contribution in [0.4, 0.5) is 0 Å². The van der Waals surface area contributed by atoms with Gasteiger partial charge in [-0.05, 0) is 11.3 Å². The van der Waals surface area contributed by atoms with Crippen molar-refractivity contribution in [1.29, 1.82) is 0 Å². The molecule has 0 aromatic heterocycles. The smallest absolute Gasteiger partial charge is 0.352 e. The first kappa shape index (κ1) is 8.56. The molecule has 2 rings (SSSR count). The number of hydrogen-bond acceptors (Lipinski definition) is 2. The van der Waals surface area contributed by atoms with E-state index in [9.17, 15) is 4.79 Å². The van der Waals surface area contributed by atoms with Gasteiger partial charge in [0.2, 0.25) is 0 Å². The summed E-state index contributed by atoms with van der Waals surface area (Å²) >= 11 is 0. The van der Waals surface area contributed by atoms with Gasteiger partial charge in [-0.15, -0.1) is 0 Å². The first-order valence-corrected chi connectivity index (χ1v) is 4.25. The number of nitrogens with one attached hydrogen (secondary N) is 1. The predicted octanol–water partition coefficient (Wildman–Crippen LogP) is -0.223. The number of carboxylic acid groups (broad SMARTS) is 1. The Kier molecular flexibility index (Phi) is 2.07. The van der Waals surface area contributed by atoms with Crippen LogP contribution >= 0.6 is 0 Å². The third-order valence-corrected chi connectivity index (χ3v) is 2.04. The molecular formula is C11H9NO2. The zero-order valence-corrected chi connectivity index (χ0v) is 7.40. The Balaban J connectivity index is 2.86. The van der Waals surface area contributed by atoms with Gasteiger partial charge in [-0.3, -0.25) is 0 Å². The fraction of sp³-hybridized carbons (Fsp3) is 0. The van der Waals surface area contributed by atoms with Crippen molar-refractivity contribution in [3.8, 4) is 0 Å². The van der Waals surface area contributed by atoms with Crippen LogP contribution in [0.3, 0.4) is 0 Å². The Morgan fingerprint density at radius 3 is 2.86 bits per heavy atom. The molecule has 1 heterocycles. The topological polar surface area (TPSA) is 49.3 Å². The SMILES string of the molecule is O=C(O)C1=c2ccccc2=CC=CN1. The van der Waals surface area contributed by atoms with Crippen molar-refractivity contribution in [1.82, 2.24) is 5.32 Å². The molecule has 0 atom stereocenters. The maximum atomic E-state index is 10.9. The van der Waals surface area contributed by atoms with Crippen LogP contribution in [0.25, 0.3) is 11.8 Å². The van der Waals surface area contributed by atoms with Gasteiger partial charge in [0.25, 0.3) is 0 Å². The zero-order valence-electron chi connectivity index (χ0n) is 7.40. The third-order valence-electron chi connectivity index (χ3n) is 2.04. The van der Waals surface area contributed by atoms with E-state index in [1.54, 1.807) is 18.3 Å². The summed E-state index contributed by atoms with van der Waals surface area (Å²) in [6.45, 7) is 0. The number of benzene rings is 1. The Morgan fingerprint density at radius 2 is 2.07 bits per heavy atom. The van der Waals surface area contributed by atoms with E-state index in [2.05, 4.69) is 5.32 Å². The normalized spacial score (nSPS) is 13.6. The summed E-state index contributed by atoms with van der Waals surface area (Å²) in [7, 11) is 0. The van der Waals surface area contributed by atoms with Crippen molar-refractivity contribution in [2.45, 2.75) is 0 Å². The molecule has 0 unspecified atom stereocenters. The molecule has 14 heavy (non-hydrogen) atoms. The van der Waals surface area contributed by atoms with E-state index in [0.29, 0.717) is 5.22 Å². The molecule has 0 saturated carbocycles. The molecule has 0 amide bonds. The van der Waals surface area contributed by atoms with Crippen molar-refractivity contribution in [3.05, 3.63) is 47.0 Å². The molecule has 0 spiro atoms. The van der Waals surface area contributed by atoms with Crippen LogP contribution in [0.1, 0.15) is 0 Å². The van der Waals surface area contributed by atoms with Gasteiger partial charge in [0.15, 0.2) is 0 Å². The lowest BCUT2D eigenvalue weighted by Gasteiger charge is -1.99. The summed E-state index contributed by atoms with van der Waals surface area (Å²) in [5, 5.41) is 13.3. The highest BCUT2D eigenvalue weighted by Crippen LogP contribution is 1.89. The van der Waals surface area contributed by atoms with Crippen LogP contribution in [-0.4, -0.2) is 11.1 Å². The molecule has 0 bridgehead atoms. The number of allylic oxidation sites excluding steroid dienone is 1. The molecule has 3 heteroatoms. The Labute approximate surface area is 80.7 Å². The highest BCUT2D eigenvalue weighted by molar-refractivity contribution is 6.07. The van der Waals surface area contributed by atoms with Crippen LogP contribution < -0.4 is 15.8 Å². The van der Waals surface area contributed by atoms with Gasteiger partial charge >= 0.3 is 5.97 Å². The minimum atomic E-state index is -0.947. The van der Waals surface area contributed by atoms with Gasteiger partial charge in [-0.25, -0.2) is 4.79 Å². The fourth-order valence-electron chi connectivity index (χ4n) is 1.41. The van der Waals surface area contributed by atoms with E-state index in [-0.39, 0.29) is 5.70 Å². The van der Waals surface area contributed by atoms with Crippen LogP contribution in [0.2, 0.25) is 0 Å². The highest BCUT2D eigenvalue weighted by Gasteiger charge is 2.07. The average molecular weight is 187 g/mol. The van der Waals surface area contributed by atoms with E-state index in [4.69, 9.17) is 5.11 Å². The summed E-state index contributed by atoms with van der Waals surface area (Å²) < 4.78 is 0. The molecule has 70 valence electrons. The Morgan fingerprint density at radius 1 is 1.29 bits per heavy atom. The van der Waals surface area contributed by atoms with E-state index in [1.165, 1.54) is 0 Å². The molecule has 0 aliphatic carbocycles. The van der Waals surface area contributed by atoms with Crippen LogP contribution in [-0.2, 0) is 4.79 Å². The van der Waals surface area contributed by atoms with Gasteiger partial charge in [0, 0.05) is 11.4 Å². The molecule has 3 nitrogen and oxygen atoms in total. The standard InChI is InChI=1S/C11H9NO2/c13-11(14)10-9-6-2-1-4-8(9)5-3-7-12-10/h1-7,12H,(H,13,14). The zero-order chi connectivity index (χ0) is 9.97. The lowest BCUT2D eigenvalue weighted by Crippen LogP contribution is -2.32. The third kappa shape index (κ3) is 1.40. The minimum Gasteiger partial charge on any atom is -0.477 e. The first-order chi connectivity index (χ1) is 6.79. The molecule has 2 N–H and O–H groups in total. The van der Waals surface area contributed by atoms with Gasteiger partial charge < -0.3 is 10.4 Å². The Hall–Kier alpha value is -2.03. The van der Waals surface area contributed by atoms with Gasteiger partial charge in [0.05, 0.1) is 0 Å². The number of carbonyl (C=O) groups is 1. The molecule has 1 aromatic carbocycles. The second-order valence-electron chi connectivity index (χ2n) is 2.94. The molecule has 0 saturated heterocycles. The number of hydrogen-bond donors (Lipinski definition) is 2.